The van der Waals surface area contributed by atoms with E-state index in [0.717, 1.165) is 0 Å². The van der Waals surface area contributed by atoms with Crippen molar-refractivity contribution in [1.82, 2.24) is 19.9 Å². The minimum absolute atomic E-state index is 0.0626. The Morgan fingerprint density at radius 3 is 2.60 bits per heavy atom. The molecule has 3 rings (SSSR count). The SMILES string of the molecule is COCCN(C)C(=O)c1ccc(Nc2nc(NCC(F)(F)F)c3cc[nH]c3n2)cc1. The molecule has 0 fully saturated rings. The number of carbonyl (C=O) groups excluding carboxylic acids is 1. The molecule has 0 spiro atoms. The lowest BCUT2D eigenvalue weighted by Gasteiger charge is -2.17. The number of aromatic nitrogens is 3. The van der Waals surface area contributed by atoms with E-state index in [1.807, 2.05) is 0 Å². The third kappa shape index (κ3) is 5.38. The highest BCUT2D eigenvalue weighted by Gasteiger charge is 2.27. The van der Waals surface area contributed by atoms with E-state index >= 15 is 0 Å². The molecular weight excluding hydrogens is 401 g/mol. The van der Waals surface area contributed by atoms with E-state index in [4.69, 9.17) is 4.74 Å². The number of fused-ring (bicyclic) bond motifs is 1. The summed E-state index contributed by atoms with van der Waals surface area (Å²) in [6.45, 7) is -0.310. The number of hydrogen-bond donors (Lipinski definition) is 3. The van der Waals surface area contributed by atoms with Gasteiger partial charge in [-0.3, -0.25) is 4.79 Å². The first-order valence-corrected chi connectivity index (χ1v) is 9.04. The summed E-state index contributed by atoms with van der Waals surface area (Å²) < 4.78 is 42.7. The van der Waals surface area contributed by atoms with Crippen molar-refractivity contribution < 1.29 is 22.7 Å². The van der Waals surface area contributed by atoms with Gasteiger partial charge in [0.15, 0.2) is 0 Å². The molecule has 0 radical (unpaired) electrons. The predicted octanol–water partition coefficient (Wildman–Crippen LogP) is 3.39. The molecule has 30 heavy (non-hydrogen) atoms. The maximum absolute atomic E-state index is 12.6. The highest BCUT2D eigenvalue weighted by Crippen LogP contribution is 2.25. The smallest absolute Gasteiger partial charge is 0.383 e. The van der Waals surface area contributed by atoms with Crippen molar-refractivity contribution in [1.29, 1.82) is 0 Å². The number of nitrogens with one attached hydrogen (secondary N) is 3. The minimum atomic E-state index is -4.38. The highest BCUT2D eigenvalue weighted by molar-refractivity contribution is 5.94. The average Bonchev–Trinajstić information content (AvgIpc) is 3.18. The van der Waals surface area contributed by atoms with Gasteiger partial charge in [-0.05, 0) is 30.3 Å². The van der Waals surface area contributed by atoms with E-state index in [1.165, 1.54) is 0 Å². The maximum Gasteiger partial charge on any atom is 0.405 e. The maximum atomic E-state index is 12.6. The summed E-state index contributed by atoms with van der Waals surface area (Å²) in [5, 5.41) is 5.69. The number of nitrogens with zero attached hydrogens (tertiary/aromatic N) is 3. The molecule has 2 heterocycles. The van der Waals surface area contributed by atoms with Gasteiger partial charge in [0, 0.05) is 38.1 Å². The van der Waals surface area contributed by atoms with E-state index in [0.29, 0.717) is 35.4 Å². The van der Waals surface area contributed by atoms with Crippen LogP contribution in [0.5, 0.6) is 0 Å². The number of ether oxygens (including phenoxy) is 1. The fraction of sp³-hybridized carbons (Fsp3) is 0.316. The Balaban J connectivity index is 1.75. The molecule has 0 bridgehead atoms. The summed E-state index contributed by atoms with van der Waals surface area (Å²) in [5.74, 6) is 0.0276. The third-order valence-electron chi connectivity index (χ3n) is 4.24. The summed E-state index contributed by atoms with van der Waals surface area (Å²) in [7, 11) is 3.25. The Hall–Kier alpha value is -3.34. The number of rotatable bonds is 8. The molecule has 1 aromatic carbocycles. The number of amides is 1. The number of alkyl halides is 3. The molecule has 3 aromatic rings. The van der Waals surface area contributed by atoms with Gasteiger partial charge in [0.2, 0.25) is 5.95 Å². The second-order valence-electron chi connectivity index (χ2n) is 6.53. The molecule has 0 aliphatic heterocycles. The molecule has 11 heteroatoms. The van der Waals surface area contributed by atoms with Crippen molar-refractivity contribution in [3.63, 3.8) is 0 Å². The molecular formula is C19H21F3N6O2. The Morgan fingerprint density at radius 1 is 1.20 bits per heavy atom. The number of benzene rings is 1. The zero-order chi connectivity index (χ0) is 21.7. The largest absolute Gasteiger partial charge is 0.405 e. The van der Waals surface area contributed by atoms with Gasteiger partial charge in [0.1, 0.15) is 18.0 Å². The van der Waals surface area contributed by atoms with Gasteiger partial charge < -0.3 is 25.3 Å². The van der Waals surface area contributed by atoms with Crippen molar-refractivity contribution >= 4 is 34.4 Å². The van der Waals surface area contributed by atoms with E-state index < -0.39 is 12.7 Å². The molecule has 0 atom stereocenters. The summed E-state index contributed by atoms with van der Waals surface area (Å²) in [5.41, 5.74) is 1.47. The van der Waals surface area contributed by atoms with Gasteiger partial charge in [-0.2, -0.15) is 23.1 Å². The Labute approximate surface area is 170 Å². The third-order valence-corrected chi connectivity index (χ3v) is 4.24. The molecule has 0 saturated carbocycles. The molecule has 0 unspecified atom stereocenters. The van der Waals surface area contributed by atoms with Gasteiger partial charge in [0.25, 0.3) is 5.91 Å². The summed E-state index contributed by atoms with van der Waals surface area (Å²) in [6.07, 6.45) is -2.80. The van der Waals surface area contributed by atoms with Gasteiger partial charge in [-0.1, -0.05) is 0 Å². The zero-order valence-electron chi connectivity index (χ0n) is 16.4. The van der Waals surface area contributed by atoms with Gasteiger partial charge in [-0.25, -0.2) is 0 Å². The number of halogens is 3. The lowest BCUT2D eigenvalue weighted by molar-refractivity contribution is -0.115. The second kappa shape index (κ2) is 8.99. The Bertz CT molecular complexity index is 1000. The summed E-state index contributed by atoms with van der Waals surface area (Å²) >= 11 is 0. The minimum Gasteiger partial charge on any atom is -0.383 e. The van der Waals surface area contributed by atoms with Crippen LogP contribution in [0.25, 0.3) is 11.0 Å². The number of hydrogen-bond acceptors (Lipinski definition) is 6. The lowest BCUT2D eigenvalue weighted by atomic mass is 10.2. The first-order valence-electron chi connectivity index (χ1n) is 9.04. The van der Waals surface area contributed by atoms with Crippen LogP contribution in [0.1, 0.15) is 10.4 Å². The first-order chi connectivity index (χ1) is 14.3. The molecule has 160 valence electrons. The summed E-state index contributed by atoms with van der Waals surface area (Å²) in [6, 6.07) is 8.22. The Morgan fingerprint density at radius 2 is 1.93 bits per heavy atom. The van der Waals surface area contributed by atoms with Crippen LogP contribution in [0.4, 0.5) is 30.6 Å². The molecule has 3 N–H and O–H groups in total. The number of aromatic amines is 1. The summed E-state index contributed by atoms with van der Waals surface area (Å²) in [4.78, 5) is 25.2. The number of anilines is 3. The van der Waals surface area contributed by atoms with Crippen LogP contribution in [-0.4, -0.2) is 65.8 Å². The Kier molecular flexibility index (Phi) is 6.40. The standard InChI is InChI=1S/C19H21F3N6O2/c1-28(9-10-30-2)17(29)12-3-5-13(6-4-12)25-18-26-15-14(7-8-23-15)16(27-18)24-11-19(20,21)22/h3-8H,9-11H2,1-2H3,(H3,23,24,25,26,27). The van der Waals surface area contributed by atoms with Crippen molar-refractivity contribution in [3.8, 4) is 0 Å². The fourth-order valence-electron chi connectivity index (χ4n) is 2.69. The van der Waals surface area contributed by atoms with Crippen molar-refractivity contribution in [2.24, 2.45) is 0 Å². The van der Waals surface area contributed by atoms with Crippen molar-refractivity contribution in [2.45, 2.75) is 6.18 Å². The molecule has 8 nitrogen and oxygen atoms in total. The number of methoxy groups -OCH3 is 1. The van der Waals surface area contributed by atoms with E-state index in [2.05, 4.69) is 25.6 Å². The van der Waals surface area contributed by atoms with E-state index in [-0.39, 0.29) is 17.7 Å². The quantitative estimate of drug-likeness (QED) is 0.515. The van der Waals surface area contributed by atoms with Crippen molar-refractivity contribution in [2.75, 3.05) is 44.5 Å². The predicted molar refractivity (Wildman–Crippen MR) is 107 cm³/mol. The molecule has 2 aromatic heterocycles. The fourth-order valence-corrected chi connectivity index (χ4v) is 2.69. The van der Waals surface area contributed by atoms with E-state index in [9.17, 15) is 18.0 Å². The van der Waals surface area contributed by atoms with Crippen LogP contribution in [0.3, 0.4) is 0 Å². The van der Waals surface area contributed by atoms with Crippen molar-refractivity contribution in [3.05, 3.63) is 42.1 Å². The van der Waals surface area contributed by atoms with Crippen LogP contribution in [0, 0.1) is 0 Å². The number of H-pyrrole nitrogens is 1. The van der Waals surface area contributed by atoms with Crippen LogP contribution in [-0.2, 0) is 4.74 Å². The van der Waals surface area contributed by atoms with Crippen LogP contribution in [0.15, 0.2) is 36.5 Å². The topological polar surface area (TPSA) is 95.2 Å². The first kappa shape index (κ1) is 21.4. The van der Waals surface area contributed by atoms with Gasteiger partial charge >= 0.3 is 6.18 Å². The van der Waals surface area contributed by atoms with Crippen LogP contribution in [0.2, 0.25) is 0 Å². The van der Waals surface area contributed by atoms with Gasteiger partial charge in [0.05, 0.1) is 12.0 Å². The van der Waals surface area contributed by atoms with Crippen LogP contribution < -0.4 is 10.6 Å². The van der Waals surface area contributed by atoms with E-state index in [1.54, 1.807) is 55.6 Å². The average molecular weight is 422 g/mol. The monoisotopic (exact) mass is 422 g/mol. The highest BCUT2D eigenvalue weighted by atomic mass is 19.4. The molecule has 0 aliphatic rings. The van der Waals surface area contributed by atoms with Crippen LogP contribution >= 0.6 is 0 Å². The normalized spacial score (nSPS) is 11.5. The molecule has 0 aliphatic carbocycles. The second-order valence-corrected chi connectivity index (χ2v) is 6.53. The number of likely N-dealkylation sites (N-methyl/N-ethyl adjacent to an activating group) is 1. The lowest BCUT2D eigenvalue weighted by Crippen LogP contribution is -2.29. The molecule has 0 saturated heterocycles. The molecule has 1 amide bonds. The number of carbonyl (C=O) groups is 1. The van der Waals surface area contributed by atoms with Gasteiger partial charge in [-0.15, -0.1) is 0 Å². The zero-order valence-corrected chi connectivity index (χ0v) is 16.4.